The van der Waals surface area contributed by atoms with Crippen molar-refractivity contribution in [2.24, 2.45) is 0 Å². The fourth-order valence-corrected chi connectivity index (χ4v) is 2.87. The van der Waals surface area contributed by atoms with Gasteiger partial charge in [0, 0.05) is 23.6 Å². The highest BCUT2D eigenvalue weighted by molar-refractivity contribution is 6.30. The van der Waals surface area contributed by atoms with E-state index >= 15 is 0 Å². The number of amides is 1. The minimum absolute atomic E-state index is 0.268. The number of hydrogen-bond acceptors (Lipinski definition) is 4. The number of ether oxygens (including phenoxy) is 1. The highest BCUT2D eigenvalue weighted by Gasteiger charge is 2.12. The zero-order valence-corrected chi connectivity index (χ0v) is 16.2. The predicted molar refractivity (Wildman–Crippen MR) is 111 cm³/mol. The first kappa shape index (κ1) is 18.8. The Morgan fingerprint density at radius 3 is 2.76 bits per heavy atom. The number of benzene rings is 2. The molecule has 0 saturated heterocycles. The number of nitrogens with one attached hydrogen (secondary N) is 1. The minimum atomic E-state index is -0.268. The van der Waals surface area contributed by atoms with Crippen LogP contribution in [0.4, 0.5) is 5.69 Å². The van der Waals surface area contributed by atoms with E-state index in [1.807, 2.05) is 41.1 Å². The number of aromatic nitrogens is 4. The molecule has 4 aromatic rings. The molecule has 0 radical (unpaired) electrons. The van der Waals surface area contributed by atoms with Crippen molar-refractivity contribution in [2.75, 3.05) is 11.9 Å². The largest absolute Gasteiger partial charge is 0.490 e. The number of hydrogen-bond donors (Lipinski definition) is 1. The van der Waals surface area contributed by atoms with Crippen LogP contribution < -0.4 is 10.1 Å². The summed E-state index contributed by atoms with van der Waals surface area (Å²) in [6, 6.07) is 14.5. The van der Waals surface area contributed by atoms with Crippen LogP contribution >= 0.6 is 11.6 Å². The average molecular weight is 408 g/mol. The fraction of sp³-hybridized carbons (Fsp3) is 0.0952. The molecule has 0 aliphatic rings. The molecule has 146 valence electrons. The van der Waals surface area contributed by atoms with Crippen LogP contribution in [-0.4, -0.2) is 31.8 Å². The molecule has 1 amide bonds. The lowest BCUT2D eigenvalue weighted by Gasteiger charge is -2.12. The number of carbonyl (C=O) groups excluding carboxylic acids is 1. The highest BCUT2D eigenvalue weighted by atomic mass is 35.5. The van der Waals surface area contributed by atoms with Gasteiger partial charge in [-0.2, -0.15) is 5.10 Å². The number of halogens is 1. The minimum Gasteiger partial charge on any atom is -0.490 e. The van der Waals surface area contributed by atoms with Gasteiger partial charge in [0.05, 0.1) is 36.0 Å². The number of nitrogens with zero attached hydrogens (tertiary/aromatic N) is 4. The van der Waals surface area contributed by atoms with Crippen molar-refractivity contribution in [1.82, 2.24) is 19.3 Å². The zero-order valence-electron chi connectivity index (χ0n) is 15.4. The van der Waals surface area contributed by atoms with Gasteiger partial charge in [0.1, 0.15) is 12.4 Å². The molecule has 4 rings (SSSR count). The first-order chi connectivity index (χ1) is 14.2. The average Bonchev–Trinajstić information content (AvgIpc) is 3.42. The number of para-hydroxylation sites is 2. The number of anilines is 1. The lowest BCUT2D eigenvalue weighted by Crippen LogP contribution is -2.13. The Bertz CT molecular complexity index is 1090. The lowest BCUT2D eigenvalue weighted by molar-refractivity contribution is 0.102. The molecule has 0 aliphatic heterocycles. The van der Waals surface area contributed by atoms with Gasteiger partial charge in [-0.05, 0) is 36.4 Å². The number of carbonyl (C=O) groups is 1. The highest BCUT2D eigenvalue weighted by Crippen LogP contribution is 2.24. The molecule has 0 spiro atoms. The standard InChI is InChI=1S/C21H18ClN5O2/c22-17-5-7-18(8-6-17)27-14-16(13-24-27)21(28)25-19-3-1-2-4-20(19)29-12-11-26-10-9-23-15-26/h1-10,13-15H,11-12H2,(H,25,28). The molecule has 29 heavy (non-hydrogen) atoms. The first-order valence-electron chi connectivity index (χ1n) is 8.98. The monoisotopic (exact) mass is 407 g/mol. The summed E-state index contributed by atoms with van der Waals surface area (Å²) in [4.78, 5) is 16.7. The van der Waals surface area contributed by atoms with Crippen LogP contribution in [-0.2, 0) is 6.54 Å². The molecule has 0 atom stereocenters. The van der Waals surface area contributed by atoms with E-state index in [0.29, 0.717) is 35.2 Å². The van der Waals surface area contributed by atoms with E-state index in [1.54, 1.807) is 41.6 Å². The molecular weight excluding hydrogens is 390 g/mol. The quantitative estimate of drug-likeness (QED) is 0.501. The molecular formula is C21H18ClN5O2. The van der Waals surface area contributed by atoms with Crippen molar-refractivity contribution in [2.45, 2.75) is 6.54 Å². The SMILES string of the molecule is O=C(Nc1ccccc1OCCn1ccnc1)c1cnn(-c2ccc(Cl)cc2)c1. The molecule has 0 unspecified atom stereocenters. The summed E-state index contributed by atoms with van der Waals surface area (Å²) in [5, 5.41) is 7.78. The summed E-state index contributed by atoms with van der Waals surface area (Å²) in [6.45, 7) is 1.12. The normalized spacial score (nSPS) is 10.7. The summed E-state index contributed by atoms with van der Waals surface area (Å²) in [5.41, 5.74) is 1.85. The number of imidazole rings is 1. The molecule has 7 nitrogen and oxygen atoms in total. The van der Waals surface area contributed by atoms with Crippen molar-refractivity contribution in [1.29, 1.82) is 0 Å². The Hall–Kier alpha value is -3.58. The van der Waals surface area contributed by atoms with E-state index in [9.17, 15) is 4.79 Å². The van der Waals surface area contributed by atoms with E-state index in [0.717, 1.165) is 5.69 Å². The van der Waals surface area contributed by atoms with Gasteiger partial charge >= 0.3 is 0 Å². The Kier molecular flexibility index (Phi) is 5.58. The molecule has 2 aromatic carbocycles. The topological polar surface area (TPSA) is 74.0 Å². The van der Waals surface area contributed by atoms with Gasteiger partial charge in [-0.1, -0.05) is 23.7 Å². The Morgan fingerprint density at radius 2 is 1.97 bits per heavy atom. The Balaban J connectivity index is 1.42. The maximum Gasteiger partial charge on any atom is 0.258 e. The maximum atomic E-state index is 12.7. The van der Waals surface area contributed by atoms with Crippen LogP contribution in [0.25, 0.3) is 5.69 Å². The van der Waals surface area contributed by atoms with Gasteiger partial charge in [0.2, 0.25) is 0 Å². The third-order valence-electron chi connectivity index (χ3n) is 4.24. The molecule has 8 heteroatoms. The van der Waals surface area contributed by atoms with Crippen LogP contribution in [0.15, 0.2) is 79.6 Å². The van der Waals surface area contributed by atoms with Crippen LogP contribution in [0.1, 0.15) is 10.4 Å². The Labute approximate surface area is 172 Å². The summed E-state index contributed by atoms with van der Waals surface area (Å²) < 4.78 is 9.38. The fourth-order valence-electron chi connectivity index (χ4n) is 2.75. The molecule has 1 N–H and O–H groups in total. The molecule has 2 heterocycles. The van der Waals surface area contributed by atoms with E-state index in [2.05, 4.69) is 15.4 Å². The second kappa shape index (κ2) is 8.62. The van der Waals surface area contributed by atoms with Gasteiger partial charge in [-0.15, -0.1) is 0 Å². The number of rotatable bonds is 7. The second-order valence-electron chi connectivity index (χ2n) is 6.25. The second-order valence-corrected chi connectivity index (χ2v) is 6.69. The van der Waals surface area contributed by atoms with Gasteiger partial charge in [-0.25, -0.2) is 9.67 Å². The predicted octanol–water partition coefficient (Wildman–Crippen LogP) is 4.05. The Morgan fingerprint density at radius 1 is 1.14 bits per heavy atom. The molecule has 0 aliphatic carbocycles. The van der Waals surface area contributed by atoms with E-state index in [4.69, 9.17) is 16.3 Å². The zero-order chi connectivity index (χ0) is 20.1. The summed E-state index contributed by atoms with van der Waals surface area (Å²) in [7, 11) is 0. The van der Waals surface area contributed by atoms with Crippen LogP contribution in [0.2, 0.25) is 5.02 Å². The van der Waals surface area contributed by atoms with Crippen molar-refractivity contribution in [3.05, 3.63) is 90.2 Å². The third-order valence-corrected chi connectivity index (χ3v) is 4.49. The summed E-state index contributed by atoms with van der Waals surface area (Å²) >= 11 is 5.91. The van der Waals surface area contributed by atoms with Crippen molar-refractivity contribution in [3.8, 4) is 11.4 Å². The lowest BCUT2D eigenvalue weighted by atomic mass is 10.2. The van der Waals surface area contributed by atoms with E-state index in [1.165, 1.54) is 6.20 Å². The van der Waals surface area contributed by atoms with Gasteiger partial charge in [0.25, 0.3) is 5.91 Å². The van der Waals surface area contributed by atoms with Crippen LogP contribution in [0, 0.1) is 0 Å². The van der Waals surface area contributed by atoms with Crippen LogP contribution in [0.3, 0.4) is 0 Å². The third kappa shape index (κ3) is 4.64. The van der Waals surface area contributed by atoms with Crippen molar-refractivity contribution in [3.63, 3.8) is 0 Å². The van der Waals surface area contributed by atoms with Crippen molar-refractivity contribution < 1.29 is 9.53 Å². The molecule has 0 fully saturated rings. The van der Waals surface area contributed by atoms with Gasteiger partial charge in [0.15, 0.2) is 0 Å². The smallest absolute Gasteiger partial charge is 0.258 e. The molecule has 0 saturated carbocycles. The van der Waals surface area contributed by atoms with Crippen LogP contribution in [0.5, 0.6) is 5.75 Å². The summed E-state index contributed by atoms with van der Waals surface area (Å²) in [5.74, 6) is 0.335. The van der Waals surface area contributed by atoms with Crippen molar-refractivity contribution >= 4 is 23.2 Å². The summed E-state index contributed by atoms with van der Waals surface area (Å²) in [6.07, 6.45) is 8.51. The van der Waals surface area contributed by atoms with E-state index < -0.39 is 0 Å². The molecule has 2 aromatic heterocycles. The first-order valence-corrected chi connectivity index (χ1v) is 9.36. The van der Waals surface area contributed by atoms with Gasteiger partial charge in [-0.3, -0.25) is 4.79 Å². The molecule has 0 bridgehead atoms. The van der Waals surface area contributed by atoms with Gasteiger partial charge < -0.3 is 14.6 Å². The maximum absolute atomic E-state index is 12.7. The van der Waals surface area contributed by atoms with E-state index in [-0.39, 0.29) is 5.91 Å².